The van der Waals surface area contributed by atoms with Gasteiger partial charge >= 0.3 is 0 Å². The number of hydrogen-bond acceptors (Lipinski definition) is 5. The van der Waals surface area contributed by atoms with E-state index in [0.29, 0.717) is 11.7 Å². The summed E-state index contributed by atoms with van der Waals surface area (Å²) in [5, 5.41) is 12.2. The molecule has 5 nitrogen and oxygen atoms in total. The van der Waals surface area contributed by atoms with Gasteiger partial charge in [0.2, 0.25) is 5.95 Å². The lowest BCUT2D eigenvalue weighted by Crippen LogP contribution is -2.15. The van der Waals surface area contributed by atoms with Crippen LogP contribution in [0, 0.1) is 6.92 Å². The zero-order valence-electron chi connectivity index (χ0n) is 8.92. The molecule has 2 aromatic heterocycles. The van der Waals surface area contributed by atoms with Crippen molar-refractivity contribution in [3.63, 3.8) is 0 Å². The van der Waals surface area contributed by atoms with Crippen molar-refractivity contribution in [3.05, 3.63) is 42.1 Å². The first kappa shape index (κ1) is 10.6. The molecule has 0 spiro atoms. The number of anilines is 1. The molecule has 2 aromatic rings. The largest absolute Gasteiger partial charge is 0.467 e. The van der Waals surface area contributed by atoms with Gasteiger partial charge in [0.05, 0.1) is 12.9 Å². The van der Waals surface area contributed by atoms with Crippen molar-refractivity contribution in [2.24, 2.45) is 0 Å². The van der Waals surface area contributed by atoms with Gasteiger partial charge in [-0.15, -0.1) is 0 Å². The van der Waals surface area contributed by atoms with E-state index >= 15 is 0 Å². The molecular formula is C11H13N3O2. The highest BCUT2D eigenvalue weighted by molar-refractivity contribution is 5.28. The third-order valence-corrected chi connectivity index (χ3v) is 2.15. The molecule has 0 bridgehead atoms. The highest BCUT2D eigenvalue weighted by atomic mass is 16.3. The molecule has 84 valence electrons. The minimum absolute atomic E-state index is 0.0786. The van der Waals surface area contributed by atoms with Gasteiger partial charge in [0.1, 0.15) is 11.8 Å². The molecule has 0 saturated heterocycles. The first-order valence-electron chi connectivity index (χ1n) is 4.99. The number of aromatic nitrogens is 2. The molecule has 2 heterocycles. The van der Waals surface area contributed by atoms with Crippen LogP contribution >= 0.6 is 0 Å². The van der Waals surface area contributed by atoms with Gasteiger partial charge in [-0.25, -0.2) is 9.97 Å². The highest BCUT2D eigenvalue weighted by Crippen LogP contribution is 2.16. The highest BCUT2D eigenvalue weighted by Gasteiger charge is 2.13. The molecule has 0 fully saturated rings. The maximum Gasteiger partial charge on any atom is 0.223 e. The maximum absolute atomic E-state index is 9.24. The monoisotopic (exact) mass is 219 g/mol. The van der Waals surface area contributed by atoms with Crippen LogP contribution in [0.15, 0.2) is 35.2 Å². The number of nitrogens with one attached hydrogen (secondary N) is 1. The van der Waals surface area contributed by atoms with E-state index in [4.69, 9.17) is 4.42 Å². The second-order valence-electron chi connectivity index (χ2n) is 3.48. The van der Waals surface area contributed by atoms with E-state index in [0.717, 1.165) is 5.56 Å². The van der Waals surface area contributed by atoms with Crippen LogP contribution < -0.4 is 5.32 Å². The van der Waals surface area contributed by atoms with E-state index in [-0.39, 0.29) is 12.6 Å². The Bertz CT molecular complexity index is 425. The fourth-order valence-corrected chi connectivity index (χ4v) is 1.32. The van der Waals surface area contributed by atoms with E-state index in [9.17, 15) is 5.11 Å². The Labute approximate surface area is 93.2 Å². The number of aryl methyl sites for hydroxylation is 1. The van der Waals surface area contributed by atoms with Crippen LogP contribution in [0.1, 0.15) is 17.4 Å². The first-order valence-corrected chi connectivity index (χ1v) is 4.99. The molecule has 2 N–H and O–H groups in total. The summed E-state index contributed by atoms with van der Waals surface area (Å²) in [7, 11) is 0. The standard InChI is InChI=1S/C11H13N3O2/c1-8-5-12-11(13-6-8)14-9(7-15)10-3-2-4-16-10/h2-6,9,15H,7H2,1H3,(H,12,13,14). The van der Waals surface area contributed by atoms with Crippen LogP contribution in [0.4, 0.5) is 5.95 Å². The third kappa shape index (κ3) is 2.38. The quantitative estimate of drug-likeness (QED) is 0.815. The summed E-state index contributed by atoms with van der Waals surface area (Å²) >= 11 is 0. The Balaban J connectivity index is 2.10. The molecule has 0 radical (unpaired) electrons. The van der Waals surface area contributed by atoms with Crippen molar-refractivity contribution in [2.45, 2.75) is 13.0 Å². The number of hydrogen-bond donors (Lipinski definition) is 2. The Kier molecular flexibility index (Phi) is 3.16. The van der Waals surface area contributed by atoms with Crippen molar-refractivity contribution >= 4 is 5.95 Å². The topological polar surface area (TPSA) is 71.2 Å². The molecule has 5 heteroatoms. The SMILES string of the molecule is Cc1cnc(NC(CO)c2ccco2)nc1. The van der Waals surface area contributed by atoms with Gasteiger partial charge in [0.25, 0.3) is 0 Å². The van der Waals surface area contributed by atoms with Gasteiger partial charge < -0.3 is 14.8 Å². The number of rotatable bonds is 4. The number of aliphatic hydroxyl groups excluding tert-OH is 1. The summed E-state index contributed by atoms with van der Waals surface area (Å²) in [5.74, 6) is 1.13. The van der Waals surface area contributed by atoms with Gasteiger partial charge in [0.15, 0.2) is 0 Å². The normalized spacial score (nSPS) is 12.4. The minimum atomic E-state index is -0.322. The van der Waals surface area contributed by atoms with E-state index in [2.05, 4.69) is 15.3 Å². The van der Waals surface area contributed by atoms with Crippen LogP contribution in [0.25, 0.3) is 0 Å². The van der Waals surface area contributed by atoms with Crippen molar-refractivity contribution in [2.75, 3.05) is 11.9 Å². The number of aliphatic hydroxyl groups is 1. The average molecular weight is 219 g/mol. The lowest BCUT2D eigenvalue weighted by atomic mass is 10.2. The fraction of sp³-hybridized carbons (Fsp3) is 0.273. The van der Waals surface area contributed by atoms with Crippen molar-refractivity contribution in [1.29, 1.82) is 0 Å². The Hall–Kier alpha value is -1.88. The molecule has 0 aromatic carbocycles. The van der Waals surface area contributed by atoms with E-state index in [1.165, 1.54) is 0 Å². The Morgan fingerprint density at radius 3 is 2.75 bits per heavy atom. The van der Waals surface area contributed by atoms with Gasteiger partial charge in [-0.3, -0.25) is 0 Å². The summed E-state index contributed by atoms with van der Waals surface area (Å²) in [4.78, 5) is 8.20. The van der Waals surface area contributed by atoms with Crippen molar-refractivity contribution in [1.82, 2.24) is 9.97 Å². The molecule has 0 aliphatic carbocycles. The van der Waals surface area contributed by atoms with Crippen LogP contribution in [-0.2, 0) is 0 Å². The maximum atomic E-state index is 9.24. The molecule has 1 atom stereocenters. The van der Waals surface area contributed by atoms with E-state index in [1.54, 1.807) is 30.8 Å². The van der Waals surface area contributed by atoms with E-state index in [1.807, 2.05) is 6.92 Å². The first-order chi connectivity index (χ1) is 7.79. The van der Waals surface area contributed by atoms with Crippen LogP contribution in [0.2, 0.25) is 0 Å². The summed E-state index contributed by atoms with van der Waals surface area (Å²) in [5.41, 5.74) is 0.990. The zero-order chi connectivity index (χ0) is 11.4. The Morgan fingerprint density at radius 1 is 1.44 bits per heavy atom. The van der Waals surface area contributed by atoms with E-state index < -0.39 is 0 Å². The smallest absolute Gasteiger partial charge is 0.223 e. The number of nitrogens with zero attached hydrogens (tertiary/aromatic N) is 2. The second kappa shape index (κ2) is 4.76. The Morgan fingerprint density at radius 2 is 2.19 bits per heavy atom. The van der Waals surface area contributed by atoms with Crippen molar-refractivity contribution in [3.8, 4) is 0 Å². The second-order valence-corrected chi connectivity index (χ2v) is 3.48. The van der Waals surface area contributed by atoms with Crippen molar-refractivity contribution < 1.29 is 9.52 Å². The average Bonchev–Trinajstić information content (AvgIpc) is 2.82. The van der Waals surface area contributed by atoms with Crippen LogP contribution in [0.3, 0.4) is 0 Å². The lowest BCUT2D eigenvalue weighted by molar-refractivity contribution is 0.260. The van der Waals surface area contributed by atoms with Gasteiger partial charge in [0, 0.05) is 12.4 Å². The third-order valence-electron chi connectivity index (χ3n) is 2.15. The summed E-state index contributed by atoms with van der Waals surface area (Å²) in [6.45, 7) is 1.84. The molecule has 0 amide bonds. The molecule has 0 saturated carbocycles. The fourth-order valence-electron chi connectivity index (χ4n) is 1.32. The van der Waals surface area contributed by atoms with Gasteiger partial charge in [-0.2, -0.15) is 0 Å². The molecule has 0 aliphatic heterocycles. The molecular weight excluding hydrogens is 206 g/mol. The molecule has 2 rings (SSSR count). The summed E-state index contributed by atoms with van der Waals surface area (Å²) in [6.07, 6.45) is 4.99. The number of furan rings is 1. The summed E-state index contributed by atoms with van der Waals surface area (Å²) in [6, 6.07) is 3.25. The van der Waals surface area contributed by atoms with Gasteiger partial charge in [-0.1, -0.05) is 0 Å². The molecule has 0 aliphatic rings. The van der Waals surface area contributed by atoms with Gasteiger partial charge in [-0.05, 0) is 24.6 Å². The lowest BCUT2D eigenvalue weighted by Gasteiger charge is -2.13. The molecule has 16 heavy (non-hydrogen) atoms. The summed E-state index contributed by atoms with van der Waals surface area (Å²) < 4.78 is 5.20. The molecule has 1 unspecified atom stereocenters. The predicted octanol–water partition coefficient (Wildman–Crippen LogP) is 1.52. The zero-order valence-corrected chi connectivity index (χ0v) is 8.92. The predicted molar refractivity (Wildman–Crippen MR) is 58.9 cm³/mol. The van der Waals surface area contributed by atoms with Crippen LogP contribution in [0.5, 0.6) is 0 Å². The van der Waals surface area contributed by atoms with Crippen LogP contribution in [-0.4, -0.2) is 21.7 Å². The minimum Gasteiger partial charge on any atom is -0.467 e.